The van der Waals surface area contributed by atoms with Crippen molar-refractivity contribution in [1.82, 2.24) is 14.6 Å². The summed E-state index contributed by atoms with van der Waals surface area (Å²) < 4.78 is 32.3. The highest BCUT2D eigenvalue weighted by Gasteiger charge is 2.30. The average molecular weight is 349 g/mol. The second-order valence-corrected chi connectivity index (χ2v) is 7.63. The van der Waals surface area contributed by atoms with Crippen molar-refractivity contribution >= 4 is 26.8 Å². The van der Waals surface area contributed by atoms with Gasteiger partial charge in [0.25, 0.3) is 0 Å². The largest absolute Gasteiger partial charge is 0.464 e. The molecule has 0 amide bonds. The van der Waals surface area contributed by atoms with E-state index in [0.29, 0.717) is 30.4 Å². The summed E-state index contributed by atoms with van der Waals surface area (Å²) in [6.45, 7) is 3.38. The predicted octanol–water partition coefficient (Wildman–Crippen LogP) is 1.00. The van der Waals surface area contributed by atoms with Gasteiger partial charge < -0.3 is 10.1 Å². The van der Waals surface area contributed by atoms with Gasteiger partial charge in [-0.1, -0.05) is 12.1 Å². The molecular formula is C16H19N3O4S. The Balaban J connectivity index is 2.14. The van der Waals surface area contributed by atoms with Gasteiger partial charge in [-0.05, 0) is 19.1 Å². The summed E-state index contributed by atoms with van der Waals surface area (Å²) in [6.07, 6.45) is 1.42. The lowest BCUT2D eigenvalue weighted by molar-refractivity contribution is 0.0596. The highest BCUT2D eigenvalue weighted by molar-refractivity contribution is 7.89. The van der Waals surface area contributed by atoms with E-state index in [0.717, 1.165) is 0 Å². The van der Waals surface area contributed by atoms with Crippen molar-refractivity contribution < 1.29 is 17.9 Å². The van der Waals surface area contributed by atoms with E-state index in [-0.39, 0.29) is 16.6 Å². The Morgan fingerprint density at radius 2 is 2.12 bits per heavy atom. The first-order valence-electron chi connectivity index (χ1n) is 7.64. The molecule has 0 saturated carbocycles. The standard InChI is InChI=1S/C16H19N3O4S/c1-11-10-19(9-8-17-11)24(21,22)14-5-3-4-13-12(14)6-7-18-15(13)16(20)23-2/h3-7,11,17H,8-10H2,1-2H3. The smallest absolute Gasteiger partial charge is 0.357 e. The number of methoxy groups -OCH3 is 1. The van der Waals surface area contributed by atoms with Crippen LogP contribution >= 0.6 is 0 Å². The van der Waals surface area contributed by atoms with Crippen molar-refractivity contribution in [1.29, 1.82) is 0 Å². The molecule has 1 unspecified atom stereocenters. The van der Waals surface area contributed by atoms with E-state index >= 15 is 0 Å². The van der Waals surface area contributed by atoms with Gasteiger partial charge in [0.05, 0.1) is 12.0 Å². The minimum atomic E-state index is -3.66. The summed E-state index contributed by atoms with van der Waals surface area (Å²) in [5.41, 5.74) is 0.112. The van der Waals surface area contributed by atoms with Crippen LogP contribution in [-0.2, 0) is 14.8 Å². The molecule has 7 nitrogen and oxygen atoms in total. The number of fused-ring (bicyclic) bond motifs is 1. The zero-order valence-electron chi connectivity index (χ0n) is 13.5. The number of hydrogen-bond acceptors (Lipinski definition) is 6. The first kappa shape index (κ1) is 16.8. The Kier molecular flexibility index (Phi) is 4.53. The summed E-state index contributed by atoms with van der Waals surface area (Å²) in [6, 6.07) is 6.56. The fourth-order valence-electron chi connectivity index (χ4n) is 2.92. The van der Waals surface area contributed by atoms with E-state index in [9.17, 15) is 13.2 Å². The van der Waals surface area contributed by atoms with Crippen LogP contribution in [0.25, 0.3) is 10.8 Å². The van der Waals surface area contributed by atoms with E-state index in [4.69, 9.17) is 4.74 Å². The highest BCUT2D eigenvalue weighted by atomic mass is 32.2. The van der Waals surface area contributed by atoms with Gasteiger partial charge in [-0.25, -0.2) is 18.2 Å². The van der Waals surface area contributed by atoms with E-state index < -0.39 is 16.0 Å². The van der Waals surface area contributed by atoms with Crippen LogP contribution in [0.2, 0.25) is 0 Å². The molecule has 3 rings (SSSR count). The summed E-state index contributed by atoms with van der Waals surface area (Å²) in [5, 5.41) is 4.16. The van der Waals surface area contributed by atoms with Crippen LogP contribution in [0.4, 0.5) is 0 Å². The Morgan fingerprint density at radius 1 is 1.33 bits per heavy atom. The number of rotatable bonds is 3. The minimum Gasteiger partial charge on any atom is -0.464 e. The number of pyridine rings is 1. The van der Waals surface area contributed by atoms with Gasteiger partial charge in [-0.2, -0.15) is 4.31 Å². The predicted molar refractivity (Wildman–Crippen MR) is 89.3 cm³/mol. The Bertz CT molecular complexity index is 882. The molecule has 0 radical (unpaired) electrons. The normalized spacial score (nSPS) is 19.3. The van der Waals surface area contributed by atoms with Crippen molar-refractivity contribution in [2.75, 3.05) is 26.7 Å². The first-order valence-corrected chi connectivity index (χ1v) is 9.08. The molecule has 1 N–H and O–H groups in total. The number of piperazine rings is 1. The number of ether oxygens (including phenoxy) is 1. The van der Waals surface area contributed by atoms with E-state index in [1.165, 1.54) is 17.6 Å². The van der Waals surface area contributed by atoms with E-state index in [1.807, 2.05) is 6.92 Å². The molecule has 1 aromatic carbocycles. The number of nitrogens with zero attached hydrogens (tertiary/aromatic N) is 2. The molecule has 1 atom stereocenters. The van der Waals surface area contributed by atoms with Crippen LogP contribution < -0.4 is 5.32 Å². The molecular weight excluding hydrogens is 330 g/mol. The molecule has 1 saturated heterocycles. The molecule has 0 aliphatic carbocycles. The van der Waals surface area contributed by atoms with Crippen molar-refractivity contribution in [3.05, 3.63) is 36.2 Å². The van der Waals surface area contributed by atoms with Gasteiger partial charge in [-0.15, -0.1) is 0 Å². The third kappa shape index (κ3) is 2.88. The molecule has 128 valence electrons. The summed E-state index contributed by atoms with van der Waals surface area (Å²) >= 11 is 0. The lowest BCUT2D eigenvalue weighted by Gasteiger charge is -2.31. The third-order valence-electron chi connectivity index (χ3n) is 4.09. The number of carbonyl (C=O) groups is 1. The molecule has 1 fully saturated rings. The SMILES string of the molecule is COC(=O)c1nccc2c(S(=O)(=O)N3CCNC(C)C3)cccc12. The fraction of sp³-hybridized carbons (Fsp3) is 0.375. The van der Waals surface area contributed by atoms with Crippen molar-refractivity contribution in [2.45, 2.75) is 17.9 Å². The van der Waals surface area contributed by atoms with Crippen LogP contribution in [0.3, 0.4) is 0 Å². The van der Waals surface area contributed by atoms with Gasteiger partial charge in [0.15, 0.2) is 5.69 Å². The zero-order valence-corrected chi connectivity index (χ0v) is 14.3. The van der Waals surface area contributed by atoms with Crippen LogP contribution in [0, 0.1) is 0 Å². The number of esters is 1. The minimum absolute atomic E-state index is 0.0933. The Labute approximate surface area is 140 Å². The van der Waals surface area contributed by atoms with Gasteiger partial charge in [0.2, 0.25) is 10.0 Å². The summed E-state index contributed by atoms with van der Waals surface area (Å²) in [4.78, 5) is 16.1. The van der Waals surface area contributed by atoms with Gasteiger partial charge in [0, 0.05) is 42.6 Å². The maximum atomic E-state index is 13.1. The third-order valence-corrected chi connectivity index (χ3v) is 6.02. The highest BCUT2D eigenvalue weighted by Crippen LogP contribution is 2.27. The molecule has 2 aromatic rings. The molecule has 1 aromatic heterocycles. The number of sulfonamides is 1. The topological polar surface area (TPSA) is 88.6 Å². The molecule has 2 heterocycles. The van der Waals surface area contributed by atoms with Crippen LogP contribution in [0.15, 0.2) is 35.4 Å². The van der Waals surface area contributed by atoms with E-state index in [2.05, 4.69) is 10.3 Å². The monoisotopic (exact) mass is 349 g/mol. The molecule has 8 heteroatoms. The quantitative estimate of drug-likeness (QED) is 0.832. The zero-order chi connectivity index (χ0) is 17.3. The van der Waals surface area contributed by atoms with Gasteiger partial charge in [0.1, 0.15) is 0 Å². The second kappa shape index (κ2) is 6.46. The molecule has 0 bridgehead atoms. The number of aromatic nitrogens is 1. The van der Waals surface area contributed by atoms with E-state index in [1.54, 1.807) is 24.3 Å². The van der Waals surface area contributed by atoms with Crippen LogP contribution in [0.1, 0.15) is 17.4 Å². The maximum absolute atomic E-state index is 13.1. The number of hydrogen-bond donors (Lipinski definition) is 1. The molecule has 0 spiro atoms. The number of carbonyl (C=O) groups excluding carboxylic acids is 1. The van der Waals surface area contributed by atoms with Crippen molar-refractivity contribution in [2.24, 2.45) is 0 Å². The number of benzene rings is 1. The van der Waals surface area contributed by atoms with Crippen molar-refractivity contribution in [3.8, 4) is 0 Å². The van der Waals surface area contributed by atoms with Crippen LogP contribution in [0.5, 0.6) is 0 Å². The second-order valence-electron chi connectivity index (χ2n) is 5.72. The molecule has 1 aliphatic rings. The van der Waals surface area contributed by atoms with Crippen molar-refractivity contribution in [3.63, 3.8) is 0 Å². The van der Waals surface area contributed by atoms with Gasteiger partial charge in [-0.3, -0.25) is 0 Å². The lowest BCUT2D eigenvalue weighted by Crippen LogP contribution is -2.51. The first-order chi connectivity index (χ1) is 11.4. The fourth-order valence-corrected chi connectivity index (χ4v) is 4.65. The molecule has 24 heavy (non-hydrogen) atoms. The molecule has 1 aliphatic heterocycles. The van der Waals surface area contributed by atoms with Crippen LogP contribution in [-0.4, -0.2) is 56.5 Å². The number of nitrogens with one attached hydrogen (secondary N) is 1. The summed E-state index contributed by atoms with van der Waals surface area (Å²) in [7, 11) is -2.39. The average Bonchev–Trinajstić information content (AvgIpc) is 2.60. The Hall–Kier alpha value is -2.03. The van der Waals surface area contributed by atoms with Gasteiger partial charge >= 0.3 is 5.97 Å². The summed E-state index contributed by atoms with van der Waals surface area (Å²) in [5.74, 6) is -0.592. The maximum Gasteiger partial charge on any atom is 0.357 e. The lowest BCUT2D eigenvalue weighted by atomic mass is 10.1. The Morgan fingerprint density at radius 3 is 2.83 bits per heavy atom.